The number of hydrogen-bond acceptors (Lipinski definition) is 6. The second-order valence-corrected chi connectivity index (χ2v) is 11.9. The van der Waals surface area contributed by atoms with Gasteiger partial charge >= 0.3 is 5.97 Å². The smallest absolute Gasteiger partial charge is 0.327 e. The molecule has 0 unspecified atom stereocenters. The summed E-state index contributed by atoms with van der Waals surface area (Å²) in [5.41, 5.74) is 3.75. The lowest BCUT2D eigenvalue weighted by molar-refractivity contribution is -0.145. The van der Waals surface area contributed by atoms with Gasteiger partial charge in [-0.1, -0.05) is 114 Å². The van der Waals surface area contributed by atoms with Crippen molar-refractivity contribution in [2.24, 2.45) is 0 Å². The fraction of sp³-hybridized carbons (Fsp3) is 0.0857. The van der Waals surface area contributed by atoms with E-state index in [1.165, 1.54) is 11.0 Å². The quantitative estimate of drug-likeness (QED) is 0.102. The van der Waals surface area contributed by atoms with Crippen molar-refractivity contribution in [1.29, 1.82) is 0 Å². The molecule has 6 nitrogen and oxygen atoms in total. The zero-order valence-electron chi connectivity index (χ0n) is 23.3. The van der Waals surface area contributed by atoms with Crippen LogP contribution in [-0.2, 0) is 22.6 Å². The summed E-state index contributed by atoms with van der Waals surface area (Å²) >= 11 is 12.7. The molecule has 9 heteroatoms. The lowest BCUT2D eigenvalue weighted by atomic mass is 10.0. The van der Waals surface area contributed by atoms with Gasteiger partial charge in [0.15, 0.2) is 5.78 Å². The topological polar surface area (TPSA) is 83.9 Å². The van der Waals surface area contributed by atoms with Gasteiger partial charge in [-0.3, -0.25) is 14.5 Å². The van der Waals surface area contributed by atoms with Crippen molar-refractivity contribution in [1.82, 2.24) is 4.90 Å². The molecular weight excluding hydrogens is 614 g/mol. The average molecular weight is 640 g/mol. The molecule has 5 rings (SSSR count). The van der Waals surface area contributed by atoms with Crippen LogP contribution in [0.4, 0.5) is 0 Å². The molecule has 1 aliphatic rings. The Morgan fingerprint density at radius 3 is 2.25 bits per heavy atom. The summed E-state index contributed by atoms with van der Waals surface area (Å²) in [7, 11) is 0. The third-order valence-corrected chi connectivity index (χ3v) is 8.54. The van der Waals surface area contributed by atoms with E-state index in [1.807, 2.05) is 78.9 Å². The van der Waals surface area contributed by atoms with E-state index in [4.69, 9.17) is 28.6 Å². The first-order valence-electron chi connectivity index (χ1n) is 13.6. The summed E-state index contributed by atoms with van der Waals surface area (Å²) in [5.74, 6) is -1.07. The summed E-state index contributed by atoms with van der Waals surface area (Å²) in [6, 6.07) is 29.7. The maximum atomic E-state index is 13.2. The predicted octanol–water partition coefficient (Wildman–Crippen LogP) is 7.71. The molecule has 0 radical (unpaired) electrons. The maximum absolute atomic E-state index is 13.2. The number of hydrogen-bond donors (Lipinski definition) is 1. The summed E-state index contributed by atoms with van der Waals surface area (Å²) in [6.07, 6.45) is 5.05. The highest BCUT2D eigenvalue weighted by Crippen LogP contribution is 2.35. The molecule has 1 N–H and O–H groups in total. The standard InChI is InChI=1S/C35H26ClNO5S2/c36-29-9-5-4-8-27(29)22-42-28-17-15-26(16-18-28)31(38)19-14-23-10-12-25(13-11-23)21-32-33(39)37(35(43)44-32)30(34(40)41)20-24-6-2-1-3-7-24/h1-19,21,30H,20,22H2,(H,40,41)/b19-14+,32-21-/t30-/m0/s1. The zero-order chi connectivity index (χ0) is 31.1. The molecule has 0 aliphatic carbocycles. The number of thiocarbonyl (C=S) groups is 1. The highest BCUT2D eigenvalue weighted by Gasteiger charge is 2.40. The molecular formula is C35H26ClNO5S2. The number of halogens is 1. The van der Waals surface area contributed by atoms with E-state index in [1.54, 1.807) is 36.4 Å². The van der Waals surface area contributed by atoms with Crippen molar-refractivity contribution in [2.45, 2.75) is 19.1 Å². The third kappa shape index (κ3) is 7.71. The highest BCUT2D eigenvalue weighted by molar-refractivity contribution is 8.26. The molecule has 1 atom stereocenters. The van der Waals surface area contributed by atoms with Crippen molar-refractivity contribution < 1.29 is 24.2 Å². The van der Waals surface area contributed by atoms with E-state index in [0.717, 1.165) is 34.0 Å². The number of aliphatic carboxylic acids is 1. The van der Waals surface area contributed by atoms with Crippen LogP contribution in [0.15, 0.2) is 114 Å². The lowest BCUT2D eigenvalue weighted by Gasteiger charge is -2.23. The number of allylic oxidation sites excluding steroid dienone is 1. The van der Waals surface area contributed by atoms with Crippen LogP contribution in [0, 0.1) is 0 Å². The Morgan fingerprint density at radius 1 is 0.909 bits per heavy atom. The number of carboxylic acid groups (broad SMARTS) is 1. The van der Waals surface area contributed by atoms with Crippen LogP contribution < -0.4 is 4.74 Å². The first kappa shape index (κ1) is 30.9. The molecule has 0 aromatic heterocycles. The molecule has 0 spiro atoms. The molecule has 4 aromatic carbocycles. The van der Waals surface area contributed by atoms with Crippen molar-refractivity contribution in [3.8, 4) is 5.75 Å². The molecule has 4 aromatic rings. The minimum absolute atomic E-state index is 0.150. The van der Waals surface area contributed by atoms with Gasteiger partial charge in [0.2, 0.25) is 0 Å². The van der Waals surface area contributed by atoms with Gasteiger partial charge in [-0.25, -0.2) is 4.79 Å². The number of rotatable bonds is 11. The third-order valence-electron chi connectivity index (χ3n) is 6.84. The van der Waals surface area contributed by atoms with Crippen LogP contribution in [-0.4, -0.2) is 38.0 Å². The van der Waals surface area contributed by atoms with E-state index < -0.39 is 17.9 Å². The first-order valence-corrected chi connectivity index (χ1v) is 15.2. The van der Waals surface area contributed by atoms with Crippen LogP contribution in [0.1, 0.15) is 32.6 Å². The zero-order valence-corrected chi connectivity index (χ0v) is 25.6. The average Bonchev–Trinajstić information content (AvgIpc) is 3.31. The summed E-state index contributed by atoms with van der Waals surface area (Å²) in [4.78, 5) is 39.5. The Hall–Kier alpha value is -4.50. The minimum Gasteiger partial charge on any atom is -0.489 e. The van der Waals surface area contributed by atoms with Gasteiger partial charge in [0, 0.05) is 22.6 Å². The van der Waals surface area contributed by atoms with E-state index >= 15 is 0 Å². The Kier molecular flexibility index (Phi) is 10.1. The lowest BCUT2D eigenvalue weighted by Crippen LogP contribution is -2.45. The van der Waals surface area contributed by atoms with Crippen molar-refractivity contribution in [2.75, 3.05) is 0 Å². The van der Waals surface area contributed by atoms with E-state index in [2.05, 4.69) is 0 Å². The molecule has 44 heavy (non-hydrogen) atoms. The van der Waals surface area contributed by atoms with Gasteiger partial charge in [0.1, 0.15) is 22.7 Å². The second kappa shape index (κ2) is 14.3. The number of ketones is 1. The van der Waals surface area contributed by atoms with Gasteiger partial charge in [-0.2, -0.15) is 0 Å². The number of carbonyl (C=O) groups is 3. The fourth-order valence-corrected chi connectivity index (χ4v) is 6.04. The fourth-order valence-electron chi connectivity index (χ4n) is 4.49. The number of nitrogens with zero attached hydrogens (tertiary/aromatic N) is 1. The number of thioether (sulfide) groups is 1. The van der Waals surface area contributed by atoms with Gasteiger partial charge in [0.05, 0.1) is 4.91 Å². The Bertz CT molecular complexity index is 1750. The molecule has 1 saturated heterocycles. The monoisotopic (exact) mass is 639 g/mol. The van der Waals surface area contributed by atoms with Crippen LogP contribution in [0.25, 0.3) is 12.2 Å². The highest BCUT2D eigenvalue weighted by atomic mass is 35.5. The molecule has 0 bridgehead atoms. The molecule has 1 heterocycles. The molecule has 1 aliphatic heterocycles. The van der Waals surface area contributed by atoms with E-state index in [-0.39, 0.29) is 16.5 Å². The van der Waals surface area contributed by atoms with Gasteiger partial charge in [-0.05, 0) is 59.2 Å². The molecule has 0 saturated carbocycles. The van der Waals surface area contributed by atoms with Crippen LogP contribution in [0.5, 0.6) is 5.75 Å². The van der Waals surface area contributed by atoms with Crippen LogP contribution in [0.3, 0.4) is 0 Å². The maximum Gasteiger partial charge on any atom is 0.327 e. The number of carboxylic acids is 1. The minimum atomic E-state index is -1.12. The van der Waals surface area contributed by atoms with Gasteiger partial charge < -0.3 is 9.84 Å². The van der Waals surface area contributed by atoms with E-state index in [0.29, 0.717) is 27.8 Å². The SMILES string of the molecule is O=C(/C=C/c1ccc(/C=C2\SC(=S)N([C@@H](Cc3ccccc3)C(=O)O)C2=O)cc1)c1ccc(OCc2ccccc2Cl)cc1. The number of amides is 1. The van der Waals surface area contributed by atoms with Crippen LogP contribution >= 0.6 is 35.6 Å². The van der Waals surface area contributed by atoms with Crippen molar-refractivity contribution in [3.05, 3.63) is 147 Å². The summed E-state index contributed by atoms with van der Waals surface area (Å²) < 4.78 is 5.99. The number of ether oxygens (including phenoxy) is 1. The Labute approximate surface area is 269 Å². The van der Waals surface area contributed by atoms with E-state index in [9.17, 15) is 19.5 Å². The van der Waals surface area contributed by atoms with Crippen molar-refractivity contribution in [3.63, 3.8) is 0 Å². The second-order valence-electron chi connectivity index (χ2n) is 9.86. The summed E-state index contributed by atoms with van der Waals surface area (Å²) in [6.45, 7) is 0.328. The normalized spacial score (nSPS) is 14.8. The first-order chi connectivity index (χ1) is 21.3. The van der Waals surface area contributed by atoms with Crippen molar-refractivity contribution >= 4 is 69.7 Å². The molecule has 1 fully saturated rings. The van der Waals surface area contributed by atoms with Gasteiger partial charge in [0.25, 0.3) is 5.91 Å². The van der Waals surface area contributed by atoms with Gasteiger partial charge in [-0.15, -0.1) is 0 Å². The van der Waals surface area contributed by atoms with Crippen LogP contribution in [0.2, 0.25) is 5.02 Å². The Morgan fingerprint density at radius 2 is 1.57 bits per heavy atom. The number of benzene rings is 4. The molecule has 1 amide bonds. The largest absolute Gasteiger partial charge is 0.489 e. The summed E-state index contributed by atoms with van der Waals surface area (Å²) in [5, 5.41) is 10.5. The number of carbonyl (C=O) groups excluding carboxylic acids is 2. The predicted molar refractivity (Wildman–Crippen MR) is 179 cm³/mol. The molecule has 220 valence electrons. The Balaban J connectivity index is 1.19.